The summed E-state index contributed by atoms with van der Waals surface area (Å²) in [5.74, 6) is 0.144. The standard InChI is InChI=1S/C19H21NO6/c1-24-14-9-7-13(8-10-14)15(11-19(22)23)20-18(21)12-26-17-6-4-3-5-16(17)25-2/h3-10,15H,11-12H2,1-2H3,(H,20,21)(H,22,23). The van der Waals surface area contributed by atoms with Crippen molar-refractivity contribution in [2.45, 2.75) is 12.5 Å². The van der Waals surface area contributed by atoms with E-state index in [2.05, 4.69) is 5.32 Å². The van der Waals surface area contributed by atoms with E-state index in [1.165, 1.54) is 7.11 Å². The monoisotopic (exact) mass is 359 g/mol. The van der Waals surface area contributed by atoms with Crippen LogP contribution in [0.3, 0.4) is 0 Å². The molecule has 2 rings (SSSR count). The van der Waals surface area contributed by atoms with Gasteiger partial charge in [-0.25, -0.2) is 0 Å². The smallest absolute Gasteiger partial charge is 0.305 e. The van der Waals surface area contributed by atoms with Gasteiger partial charge in [0.2, 0.25) is 0 Å². The van der Waals surface area contributed by atoms with Gasteiger partial charge in [0.05, 0.1) is 26.7 Å². The Kier molecular flexibility index (Phi) is 6.84. The van der Waals surface area contributed by atoms with Crippen LogP contribution < -0.4 is 19.5 Å². The zero-order chi connectivity index (χ0) is 18.9. The first-order valence-electron chi connectivity index (χ1n) is 7.94. The molecule has 0 heterocycles. The number of carbonyl (C=O) groups excluding carboxylic acids is 1. The summed E-state index contributed by atoms with van der Waals surface area (Å²) in [5, 5.41) is 11.8. The quantitative estimate of drug-likeness (QED) is 0.714. The number of carbonyl (C=O) groups is 2. The molecule has 0 fully saturated rings. The van der Waals surface area contributed by atoms with E-state index in [0.717, 1.165) is 0 Å². The third-order valence-electron chi connectivity index (χ3n) is 3.66. The maximum absolute atomic E-state index is 12.2. The molecule has 26 heavy (non-hydrogen) atoms. The van der Waals surface area contributed by atoms with E-state index >= 15 is 0 Å². The third-order valence-corrected chi connectivity index (χ3v) is 3.66. The predicted octanol–water partition coefficient (Wildman–Crippen LogP) is 2.41. The molecule has 0 saturated carbocycles. The molecule has 0 radical (unpaired) electrons. The van der Waals surface area contributed by atoms with Gasteiger partial charge in [-0.05, 0) is 29.8 Å². The lowest BCUT2D eigenvalue weighted by molar-refractivity contribution is -0.137. The Bertz CT molecular complexity index is 744. The molecular weight excluding hydrogens is 338 g/mol. The number of hydrogen-bond donors (Lipinski definition) is 2. The number of hydrogen-bond acceptors (Lipinski definition) is 5. The van der Waals surface area contributed by atoms with Gasteiger partial charge >= 0.3 is 5.97 Å². The fourth-order valence-electron chi connectivity index (χ4n) is 2.38. The molecule has 138 valence electrons. The Hall–Kier alpha value is -3.22. The second-order valence-corrected chi connectivity index (χ2v) is 5.43. The number of carboxylic acid groups (broad SMARTS) is 1. The fourth-order valence-corrected chi connectivity index (χ4v) is 2.38. The van der Waals surface area contributed by atoms with E-state index in [4.69, 9.17) is 19.3 Å². The van der Waals surface area contributed by atoms with E-state index in [-0.39, 0.29) is 13.0 Å². The fraction of sp³-hybridized carbons (Fsp3) is 0.263. The summed E-state index contributed by atoms with van der Waals surface area (Å²) in [6.07, 6.45) is -0.243. The molecule has 0 bridgehead atoms. The van der Waals surface area contributed by atoms with Crippen molar-refractivity contribution < 1.29 is 28.9 Å². The Morgan fingerprint density at radius 2 is 1.65 bits per heavy atom. The minimum atomic E-state index is -1.02. The highest BCUT2D eigenvalue weighted by atomic mass is 16.5. The highest BCUT2D eigenvalue weighted by Crippen LogP contribution is 2.26. The van der Waals surface area contributed by atoms with Crippen LogP contribution in [0.15, 0.2) is 48.5 Å². The first-order chi connectivity index (χ1) is 12.5. The number of para-hydroxylation sites is 2. The first-order valence-corrected chi connectivity index (χ1v) is 7.94. The second-order valence-electron chi connectivity index (χ2n) is 5.43. The Morgan fingerprint density at radius 1 is 1.00 bits per heavy atom. The maximum atomic E-state index is 12.2. The number of amides is 1. The van der Waals surface area contributed by atoms with Gasteiger partial charge in [0.15, 0.2) is 18.1 Å². The number of methoxy groups -OCH3 is 2. The van der Waals surface area contributed by atoms with Gasteiger partial charge in [0, 0.05) is 0 Å². The van der Waals surface area contributed by atoms with Gasteiger partial charge in [0.1, 0.15) is 5.75 Å². The van der Waals surface area contributed by atoms with E-state index in [9.17, 15) is 9.59 Å². The molecule has 1 unspecified atom stereocenters. The summed E-state index contributed by atoms with van der Waals surface area (Å²) in [5.41, 5.74) is 0.666. The van der Waals surface area contributed by atoms with Crippen molar-refractivity contribution >= 4 is 11.9 Å². The van der Waals surface area contributed by atoms with Gasteiger partial charge in [-0.1, -0.05) is 24.3 Å². The molecule has 1 amide bonds. The van der Waals surface area contributed by atoms with Crippen LogP contribution in [0, 0.1) is 0 Å². The topological polar surface area (TPSA) is 94.1 Å². The van der Waals surface area contributed by atoms with Gasteiger partial charge in [-0.2, -0.15) is 0 Å². The van der Waals surface area contributed by atoms with Crippen LogP contribution in [-0.2, 0) is 9.59 Å². The molecule has 0 aromatic heterocycles. The number of rotatable bonds is 9. The molecule has 2 aromatic rings. The molecule has 0 aliphatic carbocycles. The SMILES string of the molecule is COc1ccc(C(CC(=O)O)NC(=O)COc2ccccc2OC)cc1. The van der Waals surface area contributed by atoms with Crippen molar-refractivity contribution in [3.63, 3.8) is 0 Å². The number of aliphatic carboxylic acids is 1. The average Bonchev–Trinajstić information content (AvgIpc) is 2.65. The molecule has 0 saturated heterocycles. The van der Waals surface area contributed by atoms with Crippen LogP contribution >= 0.6 is 0 Å². The summed E-state index contributed by atoms with van der Waals surface area (Å²) in [6.45, 7) is -0.257. The predicted molar refractivity (Wildman–Crippen MR) is 94.6 cm³/mol. The molecule has 2 aromatic carbocycles. The van der Waals surface area contributed by atoms with Crippen molar-refractivity contribution in [1.29, 1.82) is 0 Å². The lowest BCUT2D eigenvalue weighted by atomic mass is 10.0. The molecule has 0 aliphatic heterocycles. The molecule has 2 N–H and O–H groups in total. The molecular formula is C19H21NO6. The maximum Gasteiger partial charge on any atom is 0.305 e. The Balaban J connectivity index is 2.02. The van der Waals surface area contributed by atoms with E-state index in [0.29, 0.717) is 22.8 Å². The van der Waals surface area contributed by atoms with Crippen molar-refractivity contribution in [3.8, 4) is 17.2 Å². The van der Waals surface area contributed by atoms with Gasteiger partial charge in [0.25, 0.3) is 5.91 Å². The summed E-state index contributed by atoms with van der Waals surface area (Å²) >= 11 is 0. The van der Waals surface area contributed by atoms with Crippen LogP contribution in [0.2, 0.25) is 0 Å². The molecule has 7 heteroatoms. The minimum absolute atomic E-state index is 0.243. The van der Waals surface area contributed by atoms with E-state index in [1.807, 2.05) is 0 Å². The number of ether oxygens (including phenoxy) is 3. The summed E-state index contributed by atoms with van der Waals surface area (Å²) in [4.78, 5) is 23.3. The largest absolute Gasteiger partial charge is 0.497 e. The normalized spacial score (nSPS) is 11.3. The molecule has 0 spiro atoms. The van der Waals surface area contributed by atoms with E-state index in [1.54, 1.807) is 55.6 Å². The van der Waals surface area contributed by atoms with Gasteiger partial charge < -0.3 is 24.6 Å². The lowest BCUT2D eigenvalue weighted by Gasteiger charge is -2.18. The first kappa shape index (κ1) is 19.1. The van der Waals surface area contributed by atoms with Crippen LogP contribution in [0.1, 0.15) is 18.0 Å². The average molecular weight is 359 g/mol. The zero-order valence-electron chi connectivity index (χ0n) is 14.6. The minimum Gasteiger partial charge on any atom is -0.497 e. The van der Waals surface area contributed by atoms with Crippen LogP contribution in [-0.4, -0.2) is 37.8 Å². The number of nitrogens with one attached hydrogen (secondary N) is 1. The number of benzene rings is 2. The van der Waals surface area contributed by atoms with Crippen molar-refractivity contribution in [1.82, 2.24) is 5.32 Å². The molecule has 1 atom stereocenters. The van der Waals surface area contributed by atoms with Crippen molar-refractivity contribution in [2.75, 3.05) is 20.8 Å². The van der Waals surface area contributed by atoms with Crippen molar-refractivity contribution in [2.24, 2.45) is 0 Å². The number of carboxylic acids is 1. The van der Waals surface area contributed by atoms with E-state index < -0.39 is 17.9 Å². The van der Waals surface area contributed by atoms with Crippen LogP contribution in [0.25, 0.3) is 0 Å². The molecule has 0 aliphatic rings. The third kappa shape index (κ3) is 5.41. The summed E-state index contributed by atoms with van der Waals surface area (Å²) in [7, 11) is 3.05. The zero-order valence-corrected chi connectivity index (χ0v) is 14.6. The second kappa shape index (κ2) is 9.31. The van der Waals surface area contributed by atoms with Gasteiger partial charge in [-0.15, -0.1) is 0 Å². The highest BCUT2D eigenvalue weighted by Gasteiger charge is 2.19. The van der Waals surface area contributed by atoms with Crippen LogP contribution in [0.5, 0.6) is 17.2 Å². The van der Waals surface area contributed by atoms with Crippen LogP contribution in [0.4, 0.5) is 0 Å². The summed E-state index contributed by atoms with van der Waals surface area (Å²) < 4.78 is 15.7. The van der Waals surface area contributed by atoms with Crippen molar-refractivity contribution in [3.05, 3.63) is 54.1 Å². The lowest BCUT2D eigenvalue weighted by Crippen LogP contribution is -2.33. The Labute approximate surface area is 151 Å². The highest BCUT2D eigenvalue weighted by molar-refractivity contribution is 5.79. The van der Waals surface area contributed by atoms with Gasteiger partial charge in [-0.3, -0.25) is 9.59 Å². The Morgan fingerprint density at radius 3 is 2.23 bits per heavy atom. The molecule has 7 nitrogen and oxygen atoms in total. The summed E-state index contributed by atoms with van der Waals surface area (Å²) in [6, 6.07) is 13.1.